The molecule has 0 heterocycles. The van der Waals surface area contributed by atoms with Gasteiger partial charge < -0.3 is 19.5 Å². The van der Waals surface area contributed by atoms with Crippen LogP contribution in [0.1, 0.15) is 12.0 Å². The number of hydrogen-bond donors (Lipinski definition) is 1. The molecule has 0 bridgehead atoms. The molecule has 0 unspecified atom stereocenters. The van der Waals surface area contributed by atoms with Crippen LogP contribution < -0.4 is 19.5 Å². The van der Waals surface area contributed by atoms with E-state index in [1.165, 1.54) is 21.3 Å². The van der Waals surface area contributed by atoms with Gasteiger partial charge in [0.1, 0.15) is 0 Å². The second kappa shape index (κ2) is 8.62. The maximum Gasteiger partial charge on any atom is 0.228 e. The highest BCUT2D eigenvalue weighted by Crippen LogP contribution is 2.39. The minimum atomic E-state index is -0.128. The molecule has 24 heavy (non-hydrogen) atoms. The predicted octanol–water partition coefficient (Wildman–Crippen LogP) is 3.75. The summed E-state index contributed by atoms with van der Waals surface area (Å²) in [6.07, 6.45) is 4.00. The number of amides is 1. The van der Waals surface area contributed by atoms with E-state index in [1.54, 1.807) is 12.1 Å². The van der Waals surface area contributed by atoms with Gasteiger partial charge in [-0.1, -0.05) is 42.5 Å². The van der Waals surface area contributed by atoms with Crippen molar-refractivity contribution in [3.05, 3.63) is 54.1 Å². The molecule has 0 saturated carbocycles. The highest BCUT2D eigenvalue weighted by molar-refractivity contribution is 5.92. The lowest BCUT2D eigenvalue weighted by atomic mass is 10.2. The quantitative estimate of drug-likeness (QED) is 0.841. The lowest BCUT2D eigenvalue weighted by molar-refractivity contribution is -0.115. The fraction of sp³-hybridized carbons (Fsp3) is 0.211. The second-order valence-corrected chi connectivity index (χ2v) is 4.98. The van der Waals surface area contributed by atoms with Crippen molar-refractivity contribution in [1.82, 2.24) is 0 Å². The van der Waals surface area contributed by atoms with Crippen molar-refractivity contribution in [3.63, 3.8) is 0 Å². The fourth-order valence-corrected chi connectivity index (χ4v) is 2.23. The molecule has 5 heteroatoms. The first-order chi connectivity index (χ1) is 11.7. The number of ether oxygens (including phenoxy) is 3. The van der Waals surface area contributed by atoms with Gasteiger partial charge in [0.15, 0.2) is 11.5 Å². The number of nitrogens with one attached hydrogen (secondary N) is 1. The van der Waals surface area contributed by atoms with Crippen molar-refractivity contribution in [1.29, 1.82) is 0 Å². The summed E-state index contributed by atoms with van der Waals surface area (Å²) < 4.78 is 15.8. The number of carbonyl (C=O) groups excluding carboxylic acids is 1. The third kappa shape index (κ3) is 4.52. The molecule has 0 aliphatic carbocycles. The minimum Gasteiger partial charge on any atom is -0.493 e. The average molecular weight is 327 g/mol. The first-order valence-electron chi connectivity index (χ1n) is 7.49. The first-order valence-corrected chi connectivity index (χ1v) is 7.49. The average Bonchev–Trinajstić information content (AvgIpc) is 2.61. The summed E-state index contributed by atoms with van der Waals surface area (Å²) in [6, 6.07) is 13.2. The Kier molecular flexibility index (Phi) is 6.25. The van der Waals surface area contributed by atoms with Gasteiger partial charge in [0.2, 0.25) is 11.7 Å². The Hall–Kier alpha value is -2.95. The molecular weight excluding hydrogens is 306 g/mol. The van der Waals surface area contributed by atoms with E-state index in [0.717, 1.165) is 5.56 Å². The molecule has 2 rings (SSSR count). The zero-order chi connectivity index (χ0) is 17.4. The van der Waals surface area contributed by atoms with Crippen LogP contribution in [0.3, 0.4) is 0 Å². The van der Waals surface area contributed by atoms with Crippen molar-refractivity contribution < 1.29 is 19.0 Å². The SMILES string of the molecule is COc1cc(NC(=O)C/C=C/c2ccccc2)cc(OC)c1OC. The Labute approximate surface area is 141 Å². The van der Waals surface area contributed by atoms with E-state index < -0.39 is 0 Å². The van der Waals surface area contributed by atoms with Crippen molar-refractivity contribution >= 4 is 17.7 Å². The first kappa shape index (κ1) is 17.4. The third-order valence-electron chi connectivity index (χ3n) is 3.36. The highest BCUT2D eigenvalue weighted by atomic mass is 16.5. The summed E-state index contributed by atoms with van der Waals surface area (Å²) in [5, 5.41) is 2.82. The Morgan fingerprint density at radius 1 is 1.00 bits per heavy atom. The molecule has 2 aromatic carbocycles. The maximum atomic E-state index is 12.1. The number of hydrogen-bond acceptors (Lipinski definition) is 4. The summed E-state index contributed by atoms with van der Waals surface area (Å²) in [6.45, 7) is 0. The Morgan fingerprint density at radius 2 is 1.62 bits per heavy atom. The van der Waals surface area contributed by atoms with Crippen LogP contribution in [0.4, 0.5) is 5.69 Å². The van der Waals surface area contributed by atoms with E-state index in [1.807, 2.05) is 42.5 Å². The number of rotatable bonds is 7. The van der Waals surface area contributed by atoms with Gasteiger partial charge in [0, 0.05) is 24.2 Å². The number of anilines is 1. The van der Waals surface area contributed by atoms with Gasteiger partial charge >= 0.3 is 0 Å². The smallest absolute Gasteiger partial charge is 0.228 e. The van der Waals surface area contributed by atoms with E-state index in [-0.39, 0.29) is 12.3 Å². The highest BCUT2D eigenvalue weighted by Gasteiger charge is 2.14. The molecular formula is C19H21NO4. The van der Waals surface area contributed by atoms with Gasteiger partial charge in [-0.15, -0.1) is 0 Å². The monoisotopic (exact) mass is 327 g/mol. The Morgan fingerprint density at radius 3 is 2.17 bits per heavy atom. The molecule has 2 aromatic rings. The molecule has 0 radical (unpaired) electrons. The van der Waals surface area contributed by atoms with E-state index >= 15 is 0 Å². The van der Waals surface area contributed by atoms with Crippen LogP contribution >= 0.6 is 0 Å². The predicted molar refractivity (Wildman–Crippen MR) is 94.8 cm³/mol. The van der Waals surface area contributed by atoms with Crippen LogP contribution in [0.15, 0.2) is 48.5 Å². The third-order valence-corrected chi connectivity index (χ3v) is 3.36. The Balaban J connectivity index is 2.04. The van der Waals surface area contributed by atoms with E-state index in [9.17, 15) is 4.79 Å². The molecule has 5 nitrogen and oxygen atoms in total. The molecule has 1 N–H and O–H groups in total. The largest absolute Gasteiger partial charge is 0.493 e. The van der Waals surface area contributed by atoms with E-state index in [2.05, 4.69) is 5.32 Å². The zero-order valence-electron chi connectivity index (χ0n) is 14.0. The van der Waals surface area contributed by atoms with Crippen LogP contribution in [0.5, 0.6) is 17.2 Å². The van der Waals surface area contributed by atoms with Gasteiger partial charge in [-0.05, 0) is 5.56 Å². The fourth-order valence-electron chi connectivity index (χ4n) is 2.23. The molecule has 0 saturated heterocycles. The van der Waals surface area contributed by atoms with Crippen LogP contribution in [0.2, 0.25) is 0 Å². The van der Waals surface area contributed by atoms with Crippen molar-refractivity contribution in [2.75, 3.05) is 26.6 Å². The molecule has 0 spiro atoms. The van der Waals surface area contributed by atoms with Gasteiger partial charge in [0.05, 0.1) is 21.3 Å². The van der Waals surface area contributed by atoms with E-state index in [0.29, 0.717) is 22.9 Å². The van der Waals surface area contributed by atoms with Crippen LogP contribution in [-0.4, -0.2) is 27.2 Å². The van der Waals surface area contributed by atoms with Crippen molar-refractivity contribution in [3.8, 4) is 17.2 Å². The summed E-state index contributed by atoms with van der Waals surface area (Å²) in [4.78, 5) is 12.1. The topological polar surface area (TPSA) is 56.8 Å². The lowest BCUT2D eigenvalue weighted by Gasteiger charge is -2.14. The standard InChI is InChI=1S/C19H21NO4/c1-22-16-12-15(13-17(23-2)19(16)24-3)20-18(21)11-7-10-14-8-5-4-6-9-14/h4-10,12-13H,11H2,1-3H3,(H,20,21)/b10-7+. The maximum absolute atomic E-state index is 12.1. The van der Waals surface area contributed by atoms with Crippen LogP contribution in [-0.2, 0) is 4.79 Å². The minimum absolute atomic E-state index is 0.128. The van der Waals surface area contributed by atoms with Crippen molar-refractivity contribution in [2.24, 2.45) is 0 Å². The van der Waals surface area contributed by atoms with Gasteiger partial charge in [0.25, 0.3) is 0 Å². The molecule has 0 aliphatic rings. The normalized spacial score (nSPS) is 10.5. The van der Waals surface area contributed by atoms with Gasteiger partial charge in [-0.25, -0.2) is 0 Å². The van der Waals surface area contributed by atoms with Gasteiger partial charge in [-0.2, -0.15) is 0 Å². The van der Waals surface area contributed by atoms with Crippen LogP contribution in [0.25, 0.3) is 6.08 Å². The molecule has 126 valence electrons. The molecule has 0 aliphatic heterocycles. The number of benzene rings is 2. The second-order valence-electron chi connectivity index (χ2n) is 4.98. The number of carbonyl (C=O) groups is 1. The summed E-state index contributed by atoms with van der Waals surface area (Å²) in [5.41, 5.74) is 1.64. The lowest BCUT2D eigenvalue weighted by Crippen LogP contribution is -2.10. The zero-order valence-corrected chi connectivity index (χ0v) is 14.0. The number of methoxy groups -OCH3 is 3. The van der Waals surface area contributed by atoms with E-state index in [4.69, 9.17) is 14.2 Å². The molecule has 0 aromatic heterocycles. The van der Waals surface area contributed by atoms with Gasteiger partial charge in [-0.3, -0.25) is 4.79 Å². The molecule has 1 amide bonds. The van der Waals surface area contributed by atoms with Crippen molar-refractivity contribution in [2.45, 2.75) is 6.42 Å². The molecule has 0 fully saturated rings. The summed E-state index contributed by atoms with van der Waals surface area (Å²) in [5.74, 6) is 1.34. The Bertz CT molecular complexity index is 686. The molecule has 0 atom stereocenters. The summed E-state index contributed by atoms with van der Waals surface area (Å²) in [7, 11) is 4.60. The van der Waals surface area contributed by atoms with Crippen LogP contribution in [0, 0.1) is 0 Å². The summed E-state index contributed by atoms with van der Waals surface area (Å²) >= 11 is 0.